The molecule has 0 spiro atoms. The van der Waals surface area contributed by atoms with Crippen molar-refractivity contribution in [3.63, 3.8) is 0 Å². The molecule has 0 aromatic carbocycles. The Morgan fingerprint density at radius 2 is 0.621 bits per heavy atom. The van der Waals surface area contributed by atoms with E-state index in [1.165, 1.54) is 141 Å². The summed E-state index contributed by atoms with van der Waals surface area (Å²) in [6, 6.07) is 0. The summed E-state index contributed by atoms with van der Waals surface area (Å²) < 4.78 is 22.8. The third-order valence-corrected chi connectivity index (χ3v) is 14.9. The first-order valence-corrected chi connectivity index (χ1v) is 35.3. The van der Waals surface area contributed by atoms with Crippen LogP contribution in [0.3, 0.4) is 0 Å². The number of carboxylic acid groups (broad SMARTS) is 1. The zero-order valence-corrected chi connectivity index (χ0v) is 56.6. The minimum atomic E-state index is -1.63. The zero-order valence-electron chi connectivity index (χ0n) is 56.6. The molecule has 0 saturated heterocycles. The first kappa shape index (κ1) is 82.4. The van der Waals surface area contributed by atoms with Crippen LogP contribution in [0.2, 0.25) is 0 Å². The van der Waals surface area contributed by atoms with Crippen molar-refractivity contribution in [3.05, 3.63) is 134 Å². The standard InChI is InChI=1S/C78H131NO8/c1-6-8-10-12-14-16-18-20-22-24-26-28-30-32-34-35-36-37-38-39-40-41-43-45-47-49-51-53-55-57-59-61-63-65-67-69-76(81)87-74(73-86-78(77(82)83)84-71-70-79(3,4)5)72-85-75(80)68-66-64-62-60-58-56-54-52-50-48-46-44-42-33-31-29-27-25-23-21-19-17-15-13-11-9-7-2/h8-11,14-17,20-23,26-29,32,34,36-37,39-40,74,78H,6-7,12-13,18-19,24-25,30-31,33,35,38,41-73H2,1-5H3/b10-8-,11-9-,16-14-,17-15-,22-20-,23-21-,28-26-,29-27-,34-32-,37-36-,40-39-. The second kappa shape index (κ2) is 67.4. The molecule has 2 unspecified atom stereocenters. The van der Waals surface area contributed by atoms with E-state index in [4.69, 9.17) is 18.9 Å². The van der Waals surface area contributed by atoms with E-state index in [0.717, 1.165) is 109 Å². The van der Waals surface area contributed by atoms with Crippen molar-refractivity contribution in [3.8, 4) is 0 Å². The minimum Gasteiger partial charge on any atom is -0.545 e. The lowest BCUT2D eigenvalue weighted by Gasteiger charge is -2.26. The Morgan fingerprint density at radius 1 is 0.345 bits per heavy atom. The first-order valence-electron chi connectivity index (χ1n) is 35.3. The van der Waals surface area contributed by atoms with Crippen molar-refractivity contribution in [2.24, 2.45) is 0 Å². The summed E-state index contributed by atoms with van der Waals surface area (Å²) in [5.41, 5.74) is 0. The lowest BCUT2D eigenvalue weighted by molar-refractivity contribution is -0.870. The molecular weight excluding hydrogens is 1080 g/mol. The summed E-state index contributed by atoms with van der Waals surface area (Å²) in [7, 11) is 5.93. The molecule has 9 nitrogen and oxygen atoms in total. The van der Waals surface area contributed by atoms with E-state index in [1.54, 1.807) is 0 Å². The van der Waals surface area contributed by atoms with Crippen molar-refractivity contribution in [2.45, 2.75) is 296 Å². The van der Waals surface area contributed by atoms with Gasteiger partial charge in [0.1, 0.15) is 13.2 Å². The molecule has 0 saturated carbocycles. The molecule has 0 heterocycles. The second-order valence-corrected chi connectivity index (χ2v) is 24.4. The number of esters is 2. The van der Waals surface area contributed by atoms with Crippen LogP contribution in [0.4, 0.5) is 0 Å². The fourth-order valence-corrected chi connectivity index (χ4v) is 9.57. The van der Waals surface area contributed by atoms with E-state index >= 15 is 0 Å². The van der Waals surface area contributed by atoms with Gasteiger partial charge in [0, 0.05) is 12.8 Å². The summed E-state index contributed by atoms with van der Waals surface area (Å²) >= 11 is 0. The fraction of sp³-hybridized carbons (Fsp3) is 0.679. The maximum absolute atomic E-state index is 12.9. The Labute approximate surface area is 535 Å². The quantitative estimate of drug-likeness (QED) is 0.0195. The average molecular weight is 1210 g/mol. The Morgan fingerprint density at radius 3 is 0.920 bits per heavy atom. The largest absolute Gasteiger partial charge is 0.545 e. The van der Waals surface area contributed by atoms with Crippen LogP contribution in [0, 0.1) is 0 Å². The number of nitrogens with zero attached hydrogens (tertiary/aromatic N) is 1. The fourth-order valence-electron chi connectivity index (χ4n) is 9.57. The van der Waals surface area contributed by atoms with E-state index in [2.05, 4.69) is 148 Å². The van der Waals surface area contributed by atoms with Gasteiger partial charge in [-0.3, -0.25) is 9.59 Å². The highest BCUT2D eigenvalue weighted by molar-refractivity contribution is 5.70. The first-order chi connectivity index (χ1) is 42.6. The van der Waals surface area contributed by atoms with Crippen molar-refractivity contribution in [2.75, 3.05) is 47.5 Å². The highest BCUT2D eigenvalue weighted by Crippen LogP contribution is 2.17. The van der Waals surface area contributed by atoms with Crippen molar-refractivity contribution in [1.82, 2.24) is 0 Å². The van der Waals surface area contributed by atoms with Crippen LogP contribution in [0.5, 0.6) is 0 Å². The van der Waals surface area contributed by atoms with Gasteiger partial charge in [0.25, 0.3) is 0 Å². The normalized spacial score (nSPS) is 13.5. The molecule has 496 valence electrons. The summed E-state index contributed by atoms with van der Waals surface area (Å²) in [5, 5.41) is 11.8. The predicted octanol–water partition coefficient (Wildman–Crippen LogP) is 20.8. The Kier molecular flexibility index (Phi) is 63.8. The van der Waals surface area contributed by atoms with Crippen LogP contribution in [0.25, 0.3) is 0 Å². The summed E-state index contributed by atoms with van der Waals surface area (Å²) in [5.74, 6) is -2.28. The maximum atomic E-state index is 12.9. The van der Waals surface area contributed by atoms with E-state index in [0.29, 0.717) is 17.4 Å². The lowest BCUT2D eigenvalue weighted by Crippen LogP contribution is -2.44. The number of hydrogen-bond acceptors (Lipinski definition) is 8. The number of rotatable bonds is 64. The highest BCUT2D eigenvalue weighted by Gasteiger charge is 2.22. The molecule has 0 aliphatic heterocycles. The summed E-state index contributed by atoms with van der Waals surface area (Å²) in [6.07, 6.45) is 93.8. The van der Waals surface area contributed by atoms with E-state index in [-0.39, 0.29) is 38.6 Å². The number of carboxylic acids is 1. The molecule has 0 bridgehead atoms. The van der Waals surface area contributed by atoms with Gasteiger partial charge in [-0.25, -0.2) is 0 Å². The minimum absolute atomic E-state index is 0.143. The Hall–Kier alpha value is -4.57. The predicted molar refractivity (Wildman–Crippen MR) is 370 cm³/mol. The summed E-state index contributed by atoms with van der Waals surface area (Å²) in [4.78, 5) is 37.5. The van der Waals surface area contributed by atoms with Gasteiger partial charge in [0.15, 0.2) is 12.4 Å². The number of carbonyl (C=O) groups is 3. The van der Waals surface area contributed by atoms with E-state index < -0.39 is 24.3 Å². The molecule has 0 amide bonds. The molecule has 0 aliphatic rings. The van der Waals surface area contributed by atoms with Gasteiger partial charge < -0.3 is 33.3 Å². The number of hydrogen-bond donors (Lipinski definition) is 0. The SMILES string of the molecule is CC/C=C\C/C=C\C/C=C\C/C=C\C/C=C\C/C=C\C/C=C\CCCCCCCCCCCCCCCC(=O)OC(COC(=O)CCCCCCCCCCCCCCCC/C=C\C/C=C\C/C=C\C/C=C\CC)COC(OCC[N+](C)(C)C)C(=O)[O-]. The summed E-state index contributed by atoms with van der Waals surface area (Å²) in [6.45, 7) is 4.53. The third-order valence-electron chi connectivity index (χ3n) is 14.9. The van der Waals surface area contributed by atoms with Crippen LogP contribution in [0.15, 0.2) is 134 Å². The number of likely N-dealkylation sites (N-methyl/N-ethyl adjacent to an activating group) is 1. The van der Waals surface area contributed by atoms with Crippen molar-refractivity contribution in [1.29, 1.82) is 0 Å². The Bertz CT molecular complexity index is 1890. The molecular formula is C78H131NO8. The molecule has 0 aliphatic carbocycles. The zero-order chi connectivity index (χ0) is 63.3. The molecule has 0 fully saturated rings. The van der Waals surface area contributed by atoms with E-state index in [9.17, 15) is 19.5 Å². The van der Waals surface area contributed by atoms with Gasteiger partial charge in [-0.2, -0.15) is 0 Å². The second-order valence-electron chi connectivity index (χ2n) is 24.4. The van der Waals surface area contributed by atoms with Gasteiger partial charge in [0.05, 0.1) is 40.3 Å². The molecule has 87 heavy (non-hydrogen) atoms. The van der Waals surface area contributed by atoms with E-state index in [1.807, 2.05) is 21.1 Å². The molecule has 0 radical (unpaired) electrons. The van der Waals surface area contributed by atoms with Crippen LogP contribution < -0.4 is 5.11 Å². The van der Waals surface area contributed by atoms with Crippen molar-refractivity contribution < 1.29 is 42.9 Å². The lowest BCUT2D eigenvalue weighted by atomic mass is 10.0. The maximum Gasteiger partial charge on any atom is 0.306 e. The average Bonchev–Trinajstić information content (AvgIpc) is 3.56. The van der Waals surface area contributed by atoms with Crippen molar-refractivity contribution >= 4 is 17.9 Å². The molecule has 0 N–H and O–H groups in total. The van der Waals surface area contributed by atoms with Gasteiger partial charge in [-0.05, 0) is 109 Å². The monoisotopic (exact) mass is 1210 g/mol. The third kappa shape index (κ3) is 68.8. The Balaban J connectivity index is 4.13. The molecule has 2 atom stereocenters. The number of carbonyl (C=O) groups excluding carboxylic acids is 3. The number of aliphatic carboxylic acids is 1. The van der Waals surface area contributed by atoms with Crippen LogP contribution >= 0.6 is 0 Å². The van der Waals surface area contributed by atoms with Crippen LogP contribution in [0.1, 0.15) is 284 Å². The van der Waals surface area contributed by atoms with Gasteiger partial charge in [-0.15, -0.1) is 0 Å². The smallest absolute Gasteiger partial charge is 0.306 e. The van der Waals surface area contributed by atoms with Gasteiger partial charge in [-0.1, -0.05) is 295 Å². The molecule has 0 rings (SSSR count). The highest BCUT2D eigenvalue weighted by atomic mass is 16.7. The van der Waals surface area contributed by atoms with Gasteiger partial charge >= 0.3 is 11.9 Å². The number of unbranched alkanes of at least 4 members (excludes halogenated alkanes) is 27. The van der Waals surface area contributed by atoms with Crippen LogP contribution in [-0.2, 0) is 33.3 Å². The topological polar surface area (TPSA) is 111 Å². The molecule has 0 aromatic heterocycles. The number of allylic oxidation sites excluding steroid dienone is 22. The van der Waals surface area contributed by atoms with Crippen LogP contribution in [-0.4, -0.2) is 82.3 Å². The number of ether oxygens (including phenoxy) is 4. The molecule has 9 heteroatoms. The number of quaternary nitrogens is 1. The molecule has 0 aromatic rings. The van der Waals surface area contributed by atoms with Gasteiger partial charge in [0.2, 0.25) is 0 Å².